The molecule has 4 heteroatoms. The summed E-state index contributed by atoms with van der Waals surface area (Å²) in [6.45, 7) is 4.57. The normalized spacial score (nSPS) is 12.3. The van der Waals surface area contributed by atoms with Gasteiger partial charge in [-0.1, -0.05) is 96.6 Å². The second-order valence-corrected chi connectivity index (χ2v) is 8.54. The molecule has 0 saturated heterocycles. The van der Waals surface area contributed by atoms with E-state index in [1.165, 1.54) is 70.6 Å². The predicted octanol–water partition coefficient (Wildman–Crippen LogP) is 7.85. The van der Waals surface area contributed by atoms with Gasteiger partial charge in [0.1, 0.15) is 0 Å². The maximum atomic E-state index is 11.9. The molecular weight excluding hydrogens is 376 g/mol. The van der Waals surface area contributed by atoms with E-state index in [0.717, 1.165) is 32.1 Å². The van der Waals surface area contributed by atoms with Crippen molar-refractivity contribution in [2.24, 2.45) is 5.92 Å². The Hall–Kier alpha value is -1.32. The number of rotatable bonds is 22. The van der Waals surface area contributed by atoms with Gasteiger partial charge in [0.2, 0.25) is 0 Å². The number of hydrogen-bond donors (Lipinski definition) is 1. The van der Waals surface area contributed by atoms with E-state index in [2.05, 4.69) is 19.1 Å². The number of unbranched alkanes of at least 4 members (excludes halogenated alkanes) is 13. The van der Waals surface area contributed by atoms with E-state index in [9.17, 15) is 9.59 Å². The number of ether oxygens (including phenoxy) is 1. The van der Waals surface area contributed by atoms with Crippen LogP contribution in [0.25, 0.3) is 0 Å². The number of esters is 1. The van der Waals surface area contributed by atoms with Crippen LogP contribution in [0, 0.1) is 5.92 Å². The molecule has 1 unspecified atom stereocenters. The van der Waals surface area contributed by atoms with Crippen molar-refractivity contribution in [2.75, 3.05) is 6.61 Å². The van der Waals surface area contributed by atoms with E-state index in [1.54, 1.807) is 0 Å². The lowest BCUT2D eigenvalue weighted by atomic mass is 9.98. The first-order valence-corrected chi connectivity index (χ1v) is 12.6. The Balaban J connectivity index is 3.56. The summed E-state index contributed by atoms with van der Waals surface area (Å²) in [6, 6.07) is 0. The Labute approximate surface area is 185 Å². The minimum Gasteiger partial charge on any atom is -0.481 e. The highest BCUT2D eigenvalue weighted by atomic mass is 16.5. The second-order valence-electron chi connectivity index (χ2n) is 8.54. The quantitative estimate of drug-likeness (QED) is 0.109. The Kier molecular flexibility index (Phi) is 21.4. The average molecular weight is 425 g/mol. The molecule has 0 bridgehead atoms. The van der Waals surface area contributed by atoms with Crippen molar-refractivity contribution in [3.05, 3.63) is 12.2 Å². The van der Waals surface area contributed by atoms with Crippen molar-refractivity contribution < 1.29 is 19.4 Å². The third kappa shape index (κ3) is 20.0. The van der Waals surface area contributed by atoms with Crippen LogP contribution in [0.4, 0.5) is 0 Å². The predicted molar refractivity (Wildman–Crippen MR) is 126 cm³/mol. The van der Waals surface area contributed by atoms with E-state index >= 15 is 0 Å². The Bertz CT molecular complexity index is 431. The van der Waals surface area contributed by atoms with Crippen molar-refractivity contribution in [2.45, 2.75) is 129 Å². The molecule has 1 N–H and O–H groups in total. The molecule has 176 valence electrons. The van der Waals surface area contributed by atoms with Crippen molar-refractivity contribution in [3.8, 4) is 0 Å². The highest BCUT2D eigenvalue weighted by Gasteiger charge is 2.22. The van der Waals surface area contributed by atoms with Gasteiger partial charge in [-0.15, -0.1) is 0 Å². The molecule has 1 atom stereocenters. The Morgan fingerprint density at radius 1 is 0.733 bits per heavy atom. The van der Waals surface area contributed by atoms with Crippen LogP contribution in [0.5, 0.6) is 0 Å². The van der Waals surface area contributed by atoms with Gasteiger partial charge < -0.3 is 9.84 Å². The van der Waals surface area contributed by atoms with Gasteiger partial charge in [0.15, 0.2) is 0 Å². The molecule has 0 rings (SSSR count). The highest BCUT2D eigenvalue weighted by Crippen LogP contribution is 2.17. The number of allylic oxidation sites excluding steroid dienone is 2. The minimum atomic E-state index is -0.930. The van der Waals surface area contributed by atoms with Gasteiger partial charge in [0.05, 0.1) is 18.9 Å². The summed E-state index contributed by atoms with van der Waals surface area (Å²) < 4.78 is 5.12. The second kappa shape index (κ2) is 22.4. The molecule has 4 nitrogen and oxygen atoms in total. The van der Waals surface area contributed by atoms with Gasteiger partial charge in [-0.2, -0.15) is 0 Å². The summed E-state index contributed by atoms with van der Waals surface area (Å²) in [4.78, 5) is 22.9. The molecule has 0 aromatic heterocycles. The minimum absolute atomic E-state index is 0.128. The fourth-order valence-electron chi connectivity index (χ4n) is 3.65. The van der Waals surface area contributed by atoms with Crippen LogP contribution in [-0.2, 0) is 14.3 Å². The Morgan fingerprint density at radius 3 is 1.73 bits per heavy atom. The first kappa shape index (κ1) is 28.7. The molecule has 0 aromatic carbocycles. The largest absolute Gasteiger partial charge is 0.481 e. The fourth-order valence-corrected chi connectivity index (χ4v) is 3.65. The topological polar surface area (TPSA) is 63.6 Å². The van der Waals surface area contributed by atoms with Gasteiger partial charge >= 0.3 is 11.9 Å². The SMILES string of the molecule is CCCCCCCCCCCCC/C=C/CCCCC(CC(=O)O)C(=O)OCCC. The summed E-state index contributed by atoms with van der Waals surface area (Å²) >= 11 is 0. The number of aliphatic carboxylic acids is 1. The van der Waals surface area contributed by atoms with E-state index in [1.807, 2.05) is 6.92 Å². The van der Waals surface area contributed by atoms with Crippen LogP contribution in [-0.4, -0.2) is 23.7 Å². The molecule has 30 heavy (non-hydrogen) atoms. The summed E-state index contributed by atoms with van der Waals surface area (Å²) in [5.74, 6) is -1.79. The van der Waals surface area contributed by atoms with Crippen LogP contribution >= 0.6 is 0 Å². The zero-order chi connectivity index (χ0) is 22.3. The van der Waals surface area contributed by atoms with Gasteiger partial charge in [-0.25, -0.2) is 0 Å². The van der Waals surface area contributed by atoms with Crippen molar-refractivity contribution in [1.29, 1.82) is 0 Å². The molecule has 0 aliphatic rings. The lowest BCUT2D eigenvalue weighted by Crippen LogP contribution is -2.21. The average Bonchev–Trinajstić information content (AvgIpc) is 2.73. The van der Waals surface area contributed by atoms with Crippen LogP contribution in [0.1, 0.15) is 129 Å². The molecular formula is C26H48O4. The molecule has 0 amide bonds. The van der Waals surface area contributed by atoms with Gasteiger partial charge in [-0.05, 0) is 38.5 Å². The summed E-state index contributed by atoms with van der Waals surface area (Å²) in [5.41, 5.74) is 0. The third-order valence-electron chi connectivity index (χ3n) is 5.52. The molecule has 0 spiro atoms. The zero-order valence-corrected chi connectivity index (χ0v) is 19.8. The Morgan fingerprint density at radius 2 is 1.23 bits per heavy atom. The highest BCUT2D eigenvalue weighted by molar-refractivity contribution is 5.79. The number of hydrogen-bond acceptors (Lipinski definition) is 3. The van der Waals surface area contributed by atoms with Crippen molar-refractivity contribution in [3.63, 3.8) is 0 Å². The smallest absolute Gasteiger partial charge is 0.309 e. The number of carboxylic acid groups (broad SMARTS) is 1. The summed E-state index contributed by atoms with van der Waals surface area (Å²) in [5, 5.41) is 8.98. The first-order valence-electron chi connectivity index (χ1n) is 12.6. The summed E-state index contributed by atoms with van der Waals surface area (Å²) in [6.07, 6.45) is 24.9. The standard InChI is InChI=1S/C26H48O4/c1-3-5-6-7-8-9-10-11-12-13-14-15-16-17-18-19-20-21-24(23-25(27)28)26(29)30-22-4-2/h16-17,24H,3-15,18-23H2,1-2H3,(H,27,28)/b17-16+. The molecule has 0 saturated carbocycles. The molecule has 0 heterocycles. The van der Waals surface area contributed by atoms with Crippen molar-refractivity contribution in [1.82, 2.24) is 0 Å². The van der Waals surface area contributed by atoms with Crippen molar-refractivity contribution >= 4 is 11.9 Å². The van der Waals surface area contributed by atoms with E-state index < -0.39 is 11.9 Å². The van der Waals surface area contributed by atoms with Crippen LogP contribution < -0.4 is 0 Å². The van der Waals surface area contributed by atoms with Crippen LogP contribution in [0.3, 0.4) is 0 Å². The van der Waals surface area contributed by atoms with Crippen LogP contribution in [0.15, 0.2) is 12.2 Å². The molecule has 0 aromatic rings. The van der Waals surface area contributed by atoms with E-state index in [0.29, 0.717) is 13.0 Å². The first-order chi connectivity index (χ1) is 14.6. The van der Waals surface area contributed by atoms with Gasteiger partial charge in [0.25, 0.3) is 0 Å². The molecule has 0 fully saturated rings. The molecule has 0 aliphatic heterocycles. The third-order valence-corrected chi connectivity index (χ3v) is 5.52. The zero-order valence-electron chi connectivity index (χ0n) is 19.8. The number of carboxylic acids is 1. The molecule has 0 radical (unpaired) electrons. The van der Waals surface area contributed by atoms with Gasteiger partial charge in [0, 0.05) is 0 Å². The maximum Gasteiger partial charge on any atom is 0.309 e. The number of carbonyl (C=O) groups is 2. The van der Waals surface area contributed by atoms with E-state index in [-0.39, 0.29) is 12.4 Å². The van der Waals surface area contributed by atoms with Crippen LogP contribution in [0.2, 0.25) is 0 Å². The fraction of sp³-hybridized carbons (Fsp3) is 0.846. The maximum absolute atomic E-state index is 11.9. The summed E-state index contributed by atoms with van der Waals surface area (Å²) in [7, 11) is 0. The lowest BCUT2D eigenvalue weighted by molar-refractivity contribution is -0.153. The molecule has 0 aliphatic carbocycles. The van der Waals surface area contributed by atoms with Gasteiger partial charge in [-0.3, -0.25) is 9.59 Å². The van der Waals surface area contributed by atoms with E-state index in [4.69, 9.17) is 9.84 Å². The monoisotopic (exact) mass is 424 g/mol. The number of carbonyl (C=O) groups excluding carboxylic acids is 1. The lowest BCUT2D eigenvalue weighted by Gasteiger charge is -2.13.